The van der Waals surface area contributed by atoms with Crippen LogP contribution in [0.4, 0.5) is 0 Å². The van der Waals surface area contributed by atoms with Gasteiger partial charge in [0.05, 0.1) is 0 Å². The molecule has 1 N–H and O–H groups in total. The molecule has 0 saturated heterocycles. The number of aromatic amines is 1. The number of hydrogen-bond acceptors (Lipinski definition) is 2. The number of aryl methyl sites for hydroxylation is 2. The molecule has 0 aliphatic heterocycles. The molecule has 0 aliphatic rings. The third-order valence-corrected chi connectivity index (χ3v) is 2.97. The van der Waals surface area contributed by atoms with Gasteiger partial charge in [-0.15, -0.1) is 0 Å². The molecule has 3 rings (SSSR count). The van der Waals surface area contributed by atoms with Crippen LogP contribution in [0, 0.1) is 0 Å². The second-order valence-electron chi connectivity index (χ2n) is 4.07. The first-order valence-electron chi connectivity index (χ1n) is 5.73. The van der Waals surface area contributed by atoms with Crippen molar-refractivity contribution in [1.82, 2.24) is 15.0 Å². The van der Waals surface area contributed by atoms with E-state index in [0.29, 0.717) is 0 Å². The molecule has 0 fully saturated rings. The van der Waals surface area contributed by atoms with Crippen molar-refractivity contribution in [1.29, 1.82) is 0 Å². The van der Waals surface area contributed by atoms with Gasteiger partial charge in [-0.3, -0.25) is 4.98 Å². The van der Waals surface area contributed by atoms with Gasteiger partial charge in [-0.05, 0) is 48.2 Å². The molecule has 3 heterocycles. The lowest BCUT2D eigenvalue weighted by Gasteiger charge is -1.99. The number of pyridine rings is 2. The van der Waals surface area contributed by atoms with Crippen molar-refractivity contribution in [2.45, 2.75) is 12.8 Å². The molecular formula is C14H13N3. The monoisotopic (exact) mass is 223 g/mol. The fourth-order valence-corrected chi connectivity index (χ4v) is 2.05. The van der Waals surface area contributed by atoms with Gasteiger partial charge in [0.25, 0.3) is 0 Å². The Morgan fingerprint density at radius 2 is 1.88 bits per heavy atom. The first kappa shape index (κ1) is 10.0. The van der Waals surface area contributed by atoms with Crippen LogP contribution in [0.2, 0.25) is 0 Å². The van der Waals surface area contributed by atoms with Gasteiger partial charge >= 0.3 is 0 Å². The third kappa shape index (κ3) is 2.04. The normalized spacial score (nSPS) is 10.8. The number of H-pyrrole nitrogens is 1. The molecule has 3 heteroatoms. The highest BCUT2D eigenvalue weighted by Crippen LogP contribution is 2.17. The lowest BCUT2D eigenvalue weighted by atomic mass is 10.1. The molecular weight excluding hydrogens is 210 g/mol. The summed E-state index contributed by atoms with van der Waals surface area (Å²) < 4.78 is 0. The molecule has 0 amide bonds. The Morgan fingerprint density at radius 1 is 1.00 bits per heavy atom. The number of aromatic nitrogens is 3. The lowest BCUT2D eigenvalue weighted by Crippen LogP contribution is -1.90. The molecule has 3 nitrogen and oxygen atoms in total. The number of nitrogens with zero attached hydrogens (tertiary/aromatic N) is 2. The predicted octanol–water partition coefficient (Wildman–Crippen LogP) is 2.74. The van der Waals surface area contributed by atoms with Gasteiger partial charge in [0, 0.05) is 30.2 Å². The number of hydrogen-bond donors (Lipinski definition) is 1. The van der Waals surface area contributed by atoms with Gasteiger partial charge in [-0.1, -0.05) is 0 Å². The number of fused-ring (bicyclic) bond motifs is 1. The highest BCUT2D eigenvalue weighted by molar-refractivity contribution is 5.79. The van der Waals surface area contributed by atoms with Crippen molar-refractivity contribution in [3.63, 3.8) is 0 Å². The van der Waals surface area contributed by atoms with Crippen LogP contribution < -0.4 is 0 Å². The van der Waals surface area contributed by atoms with E-state index in [1.165, 1.54) is 16.5 Å². The van der Waals surface area contributed by atoms with Crippen LogP contribution in [0.25, 0.3) is 11.0 Å². The Hall–Kier alpha value is -2.16. The molecule has 3 aromatic heterocycles. The highest BCUT2D eigenvalue weighted by Gasteiger charge is 2.03. The first-order valence-corrected chi connectivity index (χ1v) is 5.73. The van der Waals surface area contributed by atoms with E-state index in [4.69, 9.17) is 0 Å². The minimum absolute atomic E-state index is 0.970. The summed E-state index contributed by atoms with van der Waals surface area (Å²) in [6.45, 7) is 0. The maximum Gasteiger partial charge on any atom is 0.137 e. The largest absolute Gasteiger partial charge is 0.346 e. The van der Waals surface area contributed by atoms with E-state index < -0.39 is 0 Å². The van der Waals surface area contributed by atoms with E-state index in [0.717, 1.165) is 18.5 Å². The van der Waals surface area contributed by atoms with Crippen molar-refractivity contribution >= 4 is 11.0 Å². The summed E-state index contributed by atoms with van der Waals surface area (Å²) in [6, 6.07) is 8.22. The van der Waals surface area contributed by atoms with E-state index in [1.54, 1.807) is 0 Å². The topological polar surface area (TPSA) is 41.6 Å². The van der Waals surface area contributed by atoms with Crippen LogP contribution in [-0.4, -0.2) is 15.0 Å². The van der Waals surface area contributed by atoms with E-state index in [1.807, 2.05) is 24.7 Å². The Morgan fingerprint density at radius 3 is 2.76 bits per heavy atom. The Bertz CT molecular complexity index is 613. The van der Waals surface area contributed by atoms with E-state index in [9.17, 15) is 0 Å². The van der Waals surface area contributed by atoms with Gasteiger partial charge in [-0.2, -0.15) is 0 Å². The lowest BCUT2D eigenvalue weighted by molar-refractivity contribution is 0.963. The van der Waals surface area contributed by atoms with Gasteiger partial charge < -0.3 is 4.98 Å². The number of rotatable bonds is 3. The Balaban J connectivity index is 1.82. The molecule has 17 heavy (non-hydrogen) atoms. The van der Waals surface area contributed by atoms with Crippen molar-refractivity contribution in [2.75, 3.05) is 0 Å². The Kier molecular flexibility index (Phi) is 2.58. The smallest absolute Gasteiger partial charge is 0.137 e. The zero-order chi connectivity index (χ0) is 11.5. The quantitative estimate of drug-likeness (QED) is 0.741. The summed E-state index contributed by atoms with van der Waals surface area (Å²) in [6.07, 6.45) is 9.60. The number of nitrogens with one attached hydrogen (secondary N) is 1. The van der Waals surface area contributed by atoms with Crippen LogP contribution in [0.5, 0.6) is 0 Å². The summed E-state index contributed by atoms with van der Waals surface area (Å²) in [7, 11) is 0. The summed E-state index contributed by atoms with van der Waals surface area (Å²) in [5.41, 5.74) is 3.61. The molecule has 0 aliphatic carbocycles. The standard InChI is InChI=1S/C14H13N3/c1-2-13-12(10-17-14(13)16-7-1)4-3-11-5-8-15-9-6-11/h1-2,5-10H,3-4H2,(H,16,17). The van der Waals surface area contributed by atoms with E-state index in [-0.39, 0.29) is 0 Å². The maximum absolute atomic E-state index is 4.29. The van der Waals surface area contributed by atoms with Crippen LogP contribution in [0.3, 0.4) is 0 Å². The average Bonchev–Trinajstić information content (AvgIpc) is 2.81. The van der Waals surface area contributed by atoms with Crippen molar-refractivity contribution in [3.05, 3.63) is 60.2 Å². The van der Waals surface area contributed by atoms with Gasteiger partial charge in [0.15, 0.2) is 0 Å². The molecule has 0 radical (unpaired) electrons. The molecule has 0 bridgehead atoms. The summed E-state index contributed by atoms with van der Waals surface area (Å²) >= 11 is 0. The van der Waals surface area contributed by atoms with Crippen LogP contribution >= 0.6 is 0 Å². The van der Waals surface area contributed by atoms with E-state index in [2.05, 4.69) is 39.3 Å². The first-order chi connectivity index (χ1) is 8.43. The SMILES string of the molecule is c1cnc2[nH]cc(CCc3ccncc3)c2c1. The summed E-state index contributed by atoms with van der Waals surface area (Å²) in [4.78, 5) is 11.5. The summed E-state index contributed by atoms with van der Waals surface area (Å²) in [5.74, 6) is 0. The van der Waals surface area contributed by atoms with Gasteiger partial charge in [0.2, 0.25) is 0 Å². The minimum atomic E-state index is 0.970. The molecule has 0 saturated carbocycles. The molecule has 0 aromatic carbocycles. The molecule has 0 atom stereocenters. The fourth-order valence-electron chi connectivity index (χ4n) is 2.05. The van der Waals surface area contributed by atoms with Crippen molar-refractivity contribution in [3.8, 4) is 0 Å². The zero-order valence-electron chi connectivity index (χ0n) is 9.43. The van der Waals surface area contributed by atoms with Gasteiger partial charge in [0.1, 0.15) is 5.65 Å². The average molecular weight is 223 g/mol. The Labute approximate surface area is 99.5 Å². The van der Waals surface area contributed by atoms with E-state index >= 15 is 0 Å². The van der Waals surface area contributed by atoms with Crippen LogP contribution in [-0.2, 0) is 12.8 Å². The fraction of sp³-hybridized carbons (Fsp3) is 0.143. The zero-order valence-corrected chi connectivity index (χ0v) is 9.43. The minimum Gasteiger partial charge on any atom is -0.346 e. The maximum atomic E-state index is 4.29. The van der Waals surface area contributed by atoms with Crippen molar-refractivity contribution in [2.24, 2.45) is 0 Å². The molecule has 3 aromatic rings. The highest BCUT2D eigenvalue weighted by atomic mass is 14.8. The van der Waals surface area contributed by atoms with Crippen LogP contribution in [0.1, 0.15) is 11.1 Å². The second-order valence-corrected chi connectivity index (χ2v) is 4.07. The van der Waals surface area contributed by atoms with Gasteiger partial charge in [-0.25, -0.2) is 4.98 Å². The van der Waals surface area contributed by atoms with Crippen molar-refractivity contribution < 1.29 is 0 Å². The van der Waals surface area contributed by atoms with Crippen LogP contribution in [0.15, 0.2) is 49.1 Å². The molecule has 0 spiro atoms. The molecule has 84 valence electrons. The molecule has 0 unspecified atom stereocenters. The predicted molar refractivity (Wildman–Crippen MR) is 67.7 cm³/mol. The second kappa shape index (κ2) is 4.37. The summed E-state index contributed by atoms with van der Waals surface area (Å²) in [5, 5.41) is 1.22. The third-order valence-electron chi connectivity index (χ3n) is 2.97.